The molecule has 0 amide bonds. The minimum Gasteiger partial charge on any atom is -0.357 e. The maximum Gasteiger partial charge on any atom is 0.511 e. The minimum atomic E-state index is -5.25. The molecule has 1 aromatic heterocycles. The lowest BCUT2D eigenvalue weighted by molar-refractivity contribution is -0.0496. The van der Waals surface area contributed by atoms with E-state index in [0.717, 1.165) is 31.0 Å². The van der Waals surface area contributed by atoms with Gasteiger partial charge in [0.1, 0.15) is 12.4 Å². The number of guanidine groups is 1. The van der Waals surface area contributed by atoms with Crippen molar-refractivity contribution in [3.05, 3.63) is 11.6 Å². The molecule has 0 aromatic carbocycles. The molecule has 1 saturated heterocycles. The smallest absolute Gasteiger partial charge is 0.357 e. The number of aromatic nitrogens is 3. The fraction of sp³-hybridized carbons (Fsp3) is 0.812. The topological polar surface area (TPSA) is 105 Å². The first-order valence-electron chi connectivity index (χ1n) is 9.72. The predicted octanol–water partition coefficient (Wildman–Crippen LogP) is 0.841. The molecule has 0 unspecified atom stereocenters. The van der Waals surface area contributed by atoms with E-state index >= 15 is 0 Å². The number of nitrogens with one attached hydrogen (secondary N) is 2. The summed E-state index contributed by atoms with van der Waals surface area (Å²) in [5.74, 6) is 2.44. The largest absolute Gasteiger partial charge is 0.511 e. The van der Waals surface area contributed by atoms with E-state index < -0.39 is 15.5 Å². The lowest BCUT2D eigenvalue weighted by Gasteiger charge is -2.31. The summed E-state index contributed by atoms with van der Waals surface area (Å²) in [5.41, 5.74) is -5.25. The average Bonchev–Trinajstić information content (AvgIpc) is 3.28. The van der Waals surface area contributed by atoms with E-state index in [0.29, 0.717) is 42.7 Å². The Hall–Kier alpha value is -1.89. The van der Waals surface area contributed by atoms with Crippen molar-refractivity contribution >= 4 is 16.0 Å². The molecule has 0 spiro atoms. The van der Waals surface area contributed by atoms with Gasteiger partial charge in [-0.2, -0.15) is 17.5 Å². The highest BCUT2D eigenvalue weighted by molar-refractivity contribution is 7.90. The van der Waals surface area contributed by atoms with Crippen LogP contribution in [0.15, 0.2) is 4.99 Å². The second kappa shape index (κ2) is 8.86. The van der Waals surface area contributed by atoms with Gasteiger partial charge in [0.05, 0.1) is 0 Å². The summed E-state index contributed by atoms with van der Waals surface area (Å²) in [7, 11) is -5.24. The van der Waals surface area contributed by atoms with Crippen LogP contribution in [0.1, 0.15) is 37.8 Å². The maximum atomic E-state index is 12.7. The van der Waals surface area contributed by atoms with Crippen LogP contribution in [-0.2, 0) is 29.5 Å². The van der Waals surface area contributed by atoms with Crippen LogP contribution in [0.25, 0.3) is 0 Å². The van der Waals surface area contributed by atoms with Crippen LogP contribution >= 0.6 is 0 Å². The minimum absolute atomic E-state index is 0.0656. The van der Waals surface area contributed by atoms with Crippen molar-refractivity contribution in [2.45, 2.75) is 51.2 Å². The molecule has 3 rings (SSSR count). The molecule has 2 aliphatic rings. The number of sulfonamides is 1. The highest BCUT2D eigenvalue weighted by atomic mass is 32.2. The van der Waals surface area contributed by atoms with Gasteiger partial charge in [0.15, 0.2) is 11.8 Å². The van der Waals surface area contributed by atoms with Crippen LogP contribution in [-0.4, -0.2) is 65.1 Å². The SMILES string of the molecule is CCNC(=NCc1nnc2n1CCC2)NCC1CCN(S(=O)(=O)C(F)(F)F)CC1. The normalized spacial score (nSPS) is 19.4. The van der Waals surface area contributed by atoms with Gasteiger partial charge in [0.25, 0.3) is 0 Å². The van der Waals surface area contributed by atoms with Crippen LogP contribution in [0, 0.1) is 5.92 Å². The third-order valence-corrected chi connectivity index (χ3v) is 6.80. The lowest BCUT2D eigenvalue weighted by Crippen LogP contribution is -2.47. The summed E-state index contributed by atoms with van der Waals surface area (Å²) in [4.78, 5) is 4.52. The van der Waals surface area contributed by atoms with Crippen LogP contribution in [0.5, 0.6) is 0 Å². The molecule has 9 nitrogen and oxygen atoms in total. The van der Waals surface area contributed by atoms with Crippen LogP contribution in [0.2, 0.25) is 0 Å². The Morgan fingerprint density at radius 3 is 2.59 bits per heavy atom. The molecule has 1 fully saturated rings. The monoisotopic (exact) mass is 437 g/mol. The van der Waals surface area contributed by atoms with E-state index in [1.54, 1.807) is 0 Å². The van der Waals surface area contributed by atoms with Gasteiger partial charge in [-0.25, -0.2) is 13.4 Å². The van der Waals surface area contributed by atoms with E-state index in [1.165, 1.54) is 0 Å². The average molecular weight is 437 g/mol. The third-order valence-electron chi connectivity index (χ3n) is 5.17. The van der Waals surface area contributed by atoms with E-state index in [1.807, 2.05) is 6.92 Å². The molecule has 0 atom stereocenters. The fourth-order valence-electron chi connectivity index (χ4n) is 3.56. The Morgan fingerprint density at radius 1 is 1.21 bits per heavy atom. The first kappa shape index (κ1) is 21.8. The second-order valence-electron chi connectivity index (χ2n) is 7.16. The number of hydrogen-bond donors (Lipinski definition) is 2. The van der Waals surface area contributed by atoms with Crippen molar-refractivity contribution in [3.8, 4) is 0 Å². The Morgan fingerprint density at radius 2 is 1.93 bits per heavy atom. The van der Waals surface area contributed by atoms with Gasteiger partial charge >= 0.3 is 15.5 Å². The number of aliphatic imine (C=N–C) groups is 1. The number of piperidine rings is 1. The zero-order valence-corrected chi connectivity index (χ0v) is 17.1. The van der Waals surface area contributed by atoms with Crippen molar-refractivity contribution in [2.24, 2.45) is 10.9 Å². The van der Waals surface area contributed by atoms with Gasteiger partial charge in [-0.3, -0.25) is 0 Å². The standard InChI is InChI=1S/C16H26F3N7O2S/c1-2-20-15(22-11-14-24-23-13-4-3-7-26(13)14)21-10-12-5-8-25(9-6-12)29(27,28)16(17,18)19/h12H,2-11H2,1H3,(H2,20,21,22). The molecular weight excluding hydrogens is 411 g/mol. The molecule has 0 aliphatic carbocycles. The van der Waals surface area contributed by atoms with Crippen LogP contribution < -0.4 is 10.6 Å². The number of fused-ring (bicyclic) bond motifs is 1. The summed E-state index contributed by atoms with van der Waals surface area (Å²) in [6.07, 6.45) is 2.71. The molecule has 0 saturated carbocycles. The molecule has 3 heterocycles. The summed E-state index contributed by atoms with van der Waals surface area (Å²) in [5, 5.41) is 14.6. The first-order valence-corrected chi connectivity index (χ1v) is 11.2. The van der Waals surface area contributed by atoms with Gasteiger partial charge in [-0.15, -0.1) is 10.2 Å². The highest BCUT2D eigenvalue weighted by Gasteiger charge is 2.50. The van der Waals surface area contributed by atoms with Crippen molar-refractivity contribution in [1.82, 2.24) is 29.7 Å². The molecule has 29 heavy (non-hydrogen) atoms. The van der Waals surface area contributed by atoms with E-state index in [4.69, 9.17) is 0 Å². The zero-order valence-electron chi connectivity index (χ0n) is 16.2. The Labute approximate surface area is 167 Å². The fourth-order valence-corrected chi connectivity index (χ4v) is 4.54. The summed E-state index contributed by atoms with van der Waals surface area (Å²) in [6, 6.07) is 0. The van der Waals surface area contributed by atoms with Crippen molar-refractivity contribution < 1.29 is 21.6 Å². The number of alkyl halides is 3. The van der Waals surface area contributed by atoms with Gasteiger partial charge < -0.3 is 15.2 Å². The zero-order chi connectivity index (χ0) is 21.1. The number of nitrogens with zero attached hydrogens (tertiary/aromatic N) is 5. The molecule has 0 radical (unpaired) electrons. The van der Waals surface area contributed by atoms with E-state index in [2.05, 4.69) is 30.4 Å². The van der Waals surface area contributed by atoms with Gasteiger partial charge in [-0.1, -0.05) is 0 Å². The van der Waals surface area contributed by atoms with E-state index in [9.17, 15) is 21.6 Å². The maximum absolute atomic E-state index is 12.7. The molecular formula is C16H26F3N7O2S. The quantitative estimate of drug-likeness (QED) is 0.505. The van der Waals surface area contributed by atoms with Crippen molar-refractivity contribution in [2.75, 3.05) is 26.2 Å². The van der Waals surface area contributed by atoms with Gasteiger partial charge in [0, 0.05) is 39.1 Å². The van der Waals surface area contributed by atoms with Gasteiger partial charge in [0.2, 0.25) is 0 Å². The Bertz CT molecular complexity index is 830. The van der Waals surface area contributed by atoms with E-state index in [-0.39, 0.29) is 19.0 Å². The molecule has 1 aromatic rings. The number of rotatable bonds is 6. The molecule has 13 heteroatoms. The number of aryl methyl sites for hydroxylation is 1. The van der Waals surface area contributed by atoms with Crippen molar-refractivity contribution in [3.63, 3.8) is 0 Å². The molecule has 2 N–H and O–H groups in total. The number of hydrogen-bond acceptors (Lipinski definition) is 5. The summed E-state index contributed by atoms with van der Waals surface area (Å²) < 4.78 is 63.6. The Kier molecular flexibility index (Phi) is 6.66. The first-order chi connectivity index (χ1) is 13.7. The van der Waals surface area contributed by atoms with Crippen LogP contribution in [0.3, 0.4) is 0 Å². The molecule has 2 aliphatic heterocycles. The molecule has 0 bridgehead atoms. The molecule has 164 valence electrons. The van der Waals surface area contributed by atoms with Gasteiger partial charge in [-0.05, 0) is 32.1 Å². The second-order valence-corrected chi connectivity index (χ2v) is 9.09. The van der Waals surface area contributed by atoms with Crippen LogP contribution in [0.4, 0.5) is 13.2 Å². The predicted molar refractivity (Wildman–Crippen MR) is 100 cm³/mol. The van der Waals surface area contributed by atoms with Crippen molar-refractivity contribution in [1.29, 1.82) is 0 Å². The highest BCUT2D eigenvalue weighted by Crippen LogP contribution is 2.30. The Balaban J connectivity index is 1.51. The summed E-state index contributed by atoms with van der Waals surface area (Å²) >= 11 is 0. The third kappa shape index (κ3) is 5.00. The lowest BCUT2D eigenvalue weighted by atomic mass is 9.98. The summed E-state index contributed by atoms with van der Waals surface area (Å²) in [6.45, 7) is 4.12. The number of halogens is 3.